The molecule has 0 radical (unpaired) electrons. The summed E-state index contributed by atoms with van der Waals surface area (Å²) in [6.45, 7) is 2.23. The van der Waals surface area contributed by atoms with Gasteiger partial charge < -0.3 is 100 Å². The Kier molecular flexibility index (Phi) is 67.1. The van der Waals surface area contributed by atoms with Crippen LogP contribution in [-0.2, 0) is 42.8 Å². The maximum atomic E-state index is 13.6. The van der Waals surface area contributed by atoms with Crippen LogP contribution < -0.4 is 10.6 Å². The van der Waals surface area contributed by atoms with Crippen LogP contribution in [0.2, 0.25) is 0 Å². The first-order chi connectivity index (χ1) is 57.4. The molecular weight excluding hydrogens is 1510 g/mol. The number of nitrogens with one attached hydrogen (secondary N) is 2. The zero-order valence-electron chi connectivity index (χ0n) is 74.5. The Hall–Kier alpha value is -2.79. The summed E-state index contributed by atoms with van der Waals surface area (Å²) in [7, 11) is 0. The van der Waals surface area contributed by atoms with Gasteiger partial charge in [-0.05, 0) is 44.9 Å². The minimum Gasteiger partial charge on any atom is -0.477 e. The number of carbonyl (C=O) groups excluding carboxylic acids is 2. The van der Waals surface area contributed by atoms with Gasteiger partial charge in [-0.2, -0.15) is 0 Å². The summed E-state index contributed by atoms with van der Waals surface area (Å²) in [4.78, 5) is 38.8. The zero-order chi connectivity index (χ0) is 85.9. The molecule has 0 spiro atoms. The fraction of sp³-hybridized carbons (Fsp3) is 0.926. The highest BCUT2D eigenvalue weighted by molar-refractivity contribution is 5.77. The standard InChI is InChI=1S/C95H178N2O21/c1-4-6-8-10-12-14-16-18-20-22-24-26-28-30-31-32-33-34-35-36-37-38-39-40-41-42-43-45-47-49-51-53-55-57-59-61-63-65-67-69-82(105)97-76(77(102)68-66-64-62-60-58-56-54-52-50-48-46-44-29-27-25-23-21-19-17-15-13-11-9-7-5-2)74-113-92-87(109)86(108)89(81(73-100)115-92)116-93-88(110)91(85(107)80(72-99)114-93)118-95(94(111)112)70-78(103)83(96-75(3)101)90(117-95)84(106)79(104)71-98/h36-37,66,68,76-81,83-93,98-100,102-104,106-110H,4-35,38-65,67,69-74H2,1-3H3,(H,96,101)(H,97,105)(H,111,112)/b37-36-,68-66+. The number of carboxylic acids is 1. The lowest BCUT2D eigenvalue weighted by molar-refractivity contribution is -0.386. The molecule has 3 saturated heterocycles. The van der Waals surface area contributed by atoms with Crippen molar-refractivity contribution in [1.29, 1.82) is 0 Å². The monoisotopic (exact) mass is 1680 g/mol. The Balaban J connectivity index is 1.40. The minimum absolute atomic E-state index is 0.204. The van der Waals surface area contributed by atoms with Gasteiger partial charge in [-0.3, -0.25) is 9.59 Å². The van der Waals surface area contributed by atoms with Crippen molar-refractivity contribution in [2.75, 3.05) is 26.4 Å². The fourth-order valence-electron chi connectivity index (χ4n) is 17.0. The molecule has 3 aliphatic heterocycles. The van der Waals surface area contributed by atoms with Gasteiger partial charge in [0.1, 0.15) is 67.1 Å². The van der Waals surface area contributed by atoms with Gasteiger partial charge >= 0.3 is 5.97 Å². The number of allylic oxidation sites excluding steroid dienone is 3. The van der Waals surface area contributed by atoms with Crippen LogP contribution in [0.25, 0.3) is 0 Å². The summed E-state index contributed by atoms with van der Waals surface area (Å²) in [5.41, 5.74) is 0. The van der Waals surface area contributed by atoms with E-state index >= 15 is 0 Å². The molecule has 3 aliphatic rings. The molecule has 23 nitrogen and oxygen atoms in total. The topological polar surface area (TPSA) is 373 Å². The molecule has 694 valence electrons. The predicted molar refractivity (Wildman–Crippen MR) is 468 cm³/mol. The first-order valence-electron chi connectivity index (χ1n) is 48.7. The third-order valence-electron chi connectivity index (χ3n) is 24.6. The van der Waals surface area contributed by atoms with Gasteiger partial charge in [-0.15, -0.1) is 0 Å². The summed E-state index contributed by atoms with van der Waals surface area (Å²) in [6.07, 6.45) is 58.2. The maximum Gasteiger partial charge on any atom is 0.364 e. The lowest BCUT2D eigenvalue weighted by atomic mass is 9.88. The Bertz CT molecular complexity index is 2410. The molecule has 14 N–H and O–H groups in total. The number of unbranched alkanes of at least 4 members (excludes halogenated alkanes) is 58. The van der Waals surface area contributed by atoms with Gasteiger partial charge in [0.15, 0.2) is 12.6 Å². The van der Waals surface area contributed by atoms with Crippen molar-refractivity contribution in [2.24, 2.45) is 0 Å². The van der Waals surface area contributed by atoms with Crippen LogP contribution in [0.5, 0.6) is 0 Å². The maximum absolute atomic E-state index is 13.6. The number of carboxylic acid groups (broad SMARTS) is 1. The largest absolute Gasteiger partial charge is 0.477 e. The van der Waals surface area contributed by atoms with Crippen LogP contribution in [0, 0.1) is 0 Å². The molecular formula is C95H178N2O21. The van der Waals surface area contributed by atoms with E-state index in [-0.39, 0.29) is 12.3 Å². The Morgan fingerprint density at radius 3 is 1.15 bits per heavy atom. The smallest absolute Gasteiger partial charge is 0.364 e. The van der Waals surface area contributed by atoms with Gasteiger partial charge in [-0.1, -0.05) is 385 Å². The van der Waals surface area contributed by atoms with Crippen molar-refractivity contribution in [2.45, 2.75) is 535 Å². The number of aliphatic carboxylic acids is 1. The molecule has 18 atom stereocenters. The van der Waals surface area contributed by atoms with E-state index in [2.05, 4.69) is 36.6 Å². The molecule has 0 aromatic heterocycles. The van der Waals surface area contributed by atoms with E-state index in [0.717, 1.165) is 51.9 Å². The van der Waals surface area contributed by atoms with Crippen molar-refractivity contribution in [3.63, 3.8) is 0 Å². The lowest BCUT2D eigenvalue weighted by Crippen LogP contribution is -2.70. The van der Waals surface area contributed by atoms with Crippen LogP contribution in [-0.4, -0.2) is 215 Å². The number of hydrogen-bond donors (Lipinski definition) is 14. The summed E-state index contributed by atoms with van der Waals surface area (Å²) in [6, 6.07) is -2.62. The lowest BCUT2D eigenvalue weighted by Gasteiger charge is -2.50. The number of carbonyl (C=O) groups is 3. The van der Waals surface area contributed by atoms with Gasteiger partial charge in [0.05, 0.1) is 50.7 Å². The summed E-state index contributed by atoms with van der Waals surface area (Å²) >= 11 is 0. The highest BCUT2D eigenvalue weighted by Crippen LogP contribution is 2.39. The first-order valence-corrected chi connectivity index (χ1v) is 48.7. The number of aliphatic hydroxyl groups is 11. The van der Waals surface area contributed by atoms with E-state index in [4.69, 9.17) is 28.4 Å². The normalized spacial score (nSPS) is 24.7. The SMILES string of the molecule is CCCCCCCCCCCCCCCCCCCC/C=C\CCCCCCCCCCCCCCCCCCCC(=O)NC(COC1OC(CO)C(OC2OC(CO)C(O)C(OC3(C(=O)O)CC(O)C(NC(C)=O)C(C(O)C(O)CO)O3)C2O)C(O)C1O)C(O)/C=C/CCCCCCCCCCCCCCCCCCCCCCCCC. The second kappa shape index (κ2) is 72.4. The predicted octanol–water partition coefficient (Wildman–Crippen LogP) is 17.0. The van der Waals surface area contributed by atoms with Gasteiger partial charge in [0, 0.05) is 19.8 Å². The molecule has 118 heavy (non-hydrogen) atoms. The molecule has 3 rings (SSSR count). The number of hydrogen-bond acceptors (Lipinski definition) is 20. The van der Waals surface area contributed by atoms with Gasteiger partial charge in [0.25, 0.3) is 5.79 Å². The van der Waals surface area contributed by atoms with Gasteiger partial charge in [-0.25, -0.2) is 4.79 Å². The molecule has 2 amide bonds. The highest BCUT2D eigenvalue weighted by atomic mass is 16.8. The number of aliphatic hydroxyl groups excluding tert-OH is 11. The van der Waals surface area contributed by atoms with Crippen LogP contribution in [0.1, 0.15) is 425 Å². The van der Waals surface area contributed by atoms with E-state index in [0.29, 0.717) is 12.8 Å². The molecule has 3 heterocycles. The summed E-state index contributed by atoms with van der Waals surface area (Å²) < 4.78 is 35.0. The molecule has 0 aromatic rings. The molecule has 0 bridgehead atoms. The van der Waals surface area contributed by atoms with Crippen molar-refractivity contribution in [1.82, 2.24) is 10.6 Å². The van der Waals surface area contributed by atoms with E-state index in [1.165, 1.54) is 334 Å². The van der Waals surface area contributed by atoms with Crippen LogP contribution in [0.15, 0.2) is 24.3 Å². The quantitative estimate of drug-likeness (QED) is 0.0199. The fourth-order valence-corrected chi connectivity index (χ4v) is 17.0. The molecule has 23 heteroatoms. The number of ether oxygens (including phenoxy) is 6. The Morgan fingerprint density at radius 1 is 0.441 bits per heavy atom. The summed E-state index contributed by atoms with van der Waals surface area (Å²) in [5, 5.41) is 137. The Morgan fingerprint density at radius 2 is 0.797 bits per heavy atom. The second-order valence-electron chi connectivity index (χ2n) is 35.3. The molecule has 18 unspecified atom stereocenters. The zero-order valence-corrected chi connectivity index (χ0v) is 74.5. The van der Waals surface area contributed by atoms with Crippen LogP contribution in [0.4, 0.5) is 0 Å². The molecule has 0 aliphatic carbocycles. The highest BCUT2D eigenvalue weighted by Gasteiger charge is 2.60. The third-order valence-corrected chi connectivity index (χ3v) is 24.6. The Labute approximate surface area is 714 Å². The number of amides is 2. The van der Waals surface area contributed by atoms with Gasteiger partial charge in [0.2, 0.25) is 11.8 Å². The average Bonchev–Trinajstić information content (AvgIpc) is 0.752. The summed E-state index contributed by atoms with van der Waals surface area (Å²) in [5.74, 6) is -6.13. The van der Waals surface area contributed by atoms with E-state index in [1.807, 2.05) is 6.08 Å². The van der Waals surface area contributed by atoms with E-state index < -0.39 is 155 Å². The molecule has 0 aromatic carbocycles. The number of rotatable bonds is 80. The van der Waals surface area contributed by atoms with Crippen molar-refractivity contribution >= 4 is 17.8 Å². The van der Waals surface area contributed by atoms with Crippen molar-refractivity contribution < 1.29 is 104 Å². The van der Waals surface area contributed by atoms with E-state index in [9.17, 15) is 75.7 Å². The molecule has 3 fully saturated rings. The minimum atomic E-state index is -3.08. The first kappa shape index (κ1) is 109. The average molecular weight is 1680 g/mol. The van der Waals surface area contributed by atoms with Crippen LogP contribution in [0.3, 0.4) is 0 Å². The van der Waals surface area contributed by atoms with Crippen molar-refractivity contribution in [3.05, 3.63) is 24.3 Å². The van der Waals surface area contributed by atoms with Crippen molar-refractivity contribution in [3.8, 4) is 0 Å². The van der Waals surface area contributed by atoms with E-state index in [1.54, 1.807) is 6.08 Å². The molecule has 0 saturated carbocycles. The van der Waals surface area contributed by atoms with Crippen LogP contribution >= 0.6 is 0 Å². The third kappa shape index (κ3) is 49.8. The second-order valence-corrected chi connectivity index (χ2v) is 35.3.